The van der Waals surface area contributed by atoms with Gasteiger partial charge in [0.05, 0.1) is 5.69 Å². The SMILES string of the molecule is CC.OC(c1cc(Cc2ccccc2)ccn1)C(Cc1cc(F)cc(F)c1)N(Cc1ccccc1)Cc1ccccc1. The second-order valence-corrected chi connectivity index (χ2v) is 10.1. The Morgan fingerprint density at radius 2 is 1.12 bits per heavy atom. The van der Waals surface area contributed by atoms with E-state index in [9.17, 15) is 13.9 Å². The predicted molar refractivity (Wildman–Crippen MR) is 166 cm³/mol. The first-order valence-corrected chi connectivity index (χ1v) is 14.5. The van der Waals surface area contributed by atoms with Crippen LogP contribution in [0.4, 0.5) is 8.78 Å². The third kappa shape index (κ3) is 8.90. The first kappa shape index (κ1) is 30.8. The van der Waals surface area contributed by atoms with Gasteiger partial charge in [0.15, 0.2) is 0 Å². The van der Waals surface area contributed by atoms with Gasteiger partial charge in [-0.2, -0.15) is 0 Å². The van der Waals surface area contributed by atoms with Crippen molar-refractivity contribution in [1.29, 1.82) is 0 Å². The average molecular weight is 565 g/mol. The van der Waals surface area contributed by atoms with E-state index in [1.165, 1.54) is 12.1 Å². The number of pyridine rings is 1. The molecule has 0 radical (unpaired) electrons. The molecule has 0 bridgehead atoms. The minimum absolute atomic E-state index is 0.236. The van der Waals surface area contributed by atoms with Crippen LogP contribution in [0.1, 0.15) is 53.5 Å². The van der Waals surface area contributed by atoms with Gasteiger partial charge in [0.2, 0.25) is 0 Å². The fourth-order valence-corrected chi connectivity index (χ4v) is 5.13. The highest BCUT2D eigenvalue weighted by molar-refractivity contribution is 5.28. The lowest BCUT2D eigenvalue weighted by atomic mass is 9.94. The van der Waals surface area contributed by atoms with Crippen molar-refractivity contribution in [2.45, 2.75) is 51.9 Å². The van der Waals surface area contributed by atoms with Crippen LogP contribution in [0.5, 0.6) is 0 Å². The summed E-state index contributed by atoms with van der Waals surface area (Å²) >= 11 is 0. The number of nitrogens with zero attached hydrogens (tertiary/aromatic N) is 2. The summed E-state index contributed by atoms with van der Waals surface area (Å²) in [5.74, 6) is -1.27. The monoisotopic (exact) mass is 564 g/mol. The zero-order valence-electron chi connectivity index (χ0n) is 24.2. The molecule has 3 nitrogen and oxygen atoms in total. The fourth-order valence-electron chi connectivity index (χ4n) is 5.13. The summed E-state index contributed by atoms with van der Waals surface area (Å²) < 4.78 is 28.5. The van der Waals surface area contributed by atoms with Gasteiger partial charge in [0, 0.05) is 31.4 Å². The van der Waals surface area contributed by atoms with Gasteiger partial charge in [-0.05, 0) is 64.9 Å². The first-order valence-electron chi connectivity index (χ1n) is 14.5. The summed E-state index contributed by atoms with van der Waals surface area (Å²) in [6, 6.07) is 37.1. The Labute approximate surface area is 248 Å². The molecule has 1 heterocycles. The molecule has 0 saturated carbocycles. The van der Waals surface area contributed by atoms with Crippen LogP contribution in [-0.2, 0) is 25.9 Å². The Bertz CT molecular complexity index is 1440. The molecule has 2 atom stereocenters. The zero-order chi connectivity index (χ0) is 29.7. The van der Waals surface area contributed by atoms with Gasteiger partial charge in [0.1, 0.15) is 17.7 Å². The lowest BCUT2D eigenvalue weighted by Crippen LogP contribution is -2.41. The van der Waals surface area contributed by atoms with Crippen LogP contribution in [0, 0.1) is 11.6 Å². The van der Waals surface area contributed by atoms with Crippen LogP contribution in [-0.4, -0.2) is 21.0 Å². The fraction of sp³-hybridized carbons (Fsp3) is 0.216. The first-order chi connectivity index (χ1) is 20.5. The van der Waals surface area contributed by atoms with Gasteiger partial charge in [0.25, 0.3) is 0 Å². The predicted octanol–water partition coefficient (Wildman–Crippen LogP) is 8.32. The maximum Gasteiger partial charge on any atom is 0.126 e. The number of aliphatic hydroxyl groups is 1. The van der Waals surface area contributed by atoms with E-state index in [-0.39, 0.29) is 6.42 Å². The molecule has 42 heavy (non-hydrogen) atoms. The summed E-state index contributed by atoms with van der Waals surface area (Å²) in [6.07, 6.45) is 1.66. The molecule has 0 saturated heterocycles. The van der Waals surface area contributed by atoms with Gasteiger partial charge in [-0.3, -0.25) is 9.88 Å². The van der Waals surface area contributed by atoms with E-state index in [1.807, 2.05) is 105 Å². The summed E-state index contributed by atoms with van der Waals surface area (Å²) in [7, 11) is 0. The van der Waals surface area contributed by atoms with Gasteiger partial charge in [-0.25, -0.2) is 8.78 Å². The molecule has 0 spiro atoms. The largest absolute Gasteiger partial charge is 0.385 e. The van der Waals surface area contributed by atoms with E-state index < -0.39 is 23.8 Å². The van der Waals surface area contributed by atoms with Crippen LogP contribution < -0.4 is 0 Å². The van der Waals surface area contributed by atoms with Gasteiger partial charge >= 0.3 is 0 Å². The van der Waals surface area contributed by atoms with Crippen molar-refractivity contribution >= 4 is 0 Å². The molecule has 4 aromatic carbocycles. The number of hydrogen-bond donors (Lipinski definition) is 1. The molecule has 5 heteroatoms. The number of benzene rings is 4. The van der Waals surface area contributed by atoms with Crippen LogP contribution in [0.2, 0.25) is 0 Å². The third-order valence-corrected chi connectivity index (χ3v) is 7.06. The van der Waals surface area contributed by atoms with Gasteiger partial charge < -0.3 is 5.11 Å². The second kappa shape index (κ2) is 15.7. The van der Waals surface area contributed by atoms with Crippen molar-refractivity contribution in [3.8, 4) is 0 Å². The lowest BCUT2D eigenvalue weighted by Gasteiger charge is -2.35. The van der Waals surface area contributed by atoms with E-state index >= 15 is 0 Å². The van der Waals surface area contributed by atoms with Crippen LogP contribution in [0.3, 0.4) is 0 Å². The molecule has 0 fully saturated rings. The van der Waals surface area contributed by atoms with E-state index in [1.54, 1.807) is 6.20 Å². The maximum absolute atomic E-state index is 14.2. The molecule has 0 aliphatic rings. The molecular formula is C37H38F2N2O. The molecule has 0 aliphatic heterocycles. The number of aromatic nitrogens is 1. The molecule has 1 N–H and O–H groups in total. The van der Waals surface area contributed by atoms with E-state index in [4.69, 9.17) is 0 Å². The molecule has 5 rings (SSSR count). The van der Waals surface area contributed by atoms with E-state index in [0.717, 1.165) is 28.3 Å². The average Bonchev–Trinajstić information content (AvgIpc) is 3.01. The molecule has 216 valence electrons. The van der Waals surface area contributed by atoms with Crippen molar-refractivity contribution in [1.82, 2.24) is 9.88 Å². The molecule has 0 aliphatic carbocycles. The number of rotatable bonds is 11. The quantitative estimate of drug-likeness (QED) is 0.175. The van der Waals surface area contributed by atoms with Crippen molar-refractivity contribution < 1.29 is 13.9 Å². The minimum atomic E-state index is -1.01. The highest BCUT2D eigenvalue weighted by atomic mass is 19.1. The Hall–Kier alpha value is -4.19. The van der Waals surface area contributed by atoms with Crippen LogP contribution in [0.25, 0.3) is 0 Å². The second-order valence-electron chi connectivity index (χ2n) is 10.1. The van der Waals surface area contributed by atoms with E-state index in [0.29, 0.717) is 30.8 Å². The minimum Gasteiger partial charge on any atom is -0.385 e. The maximum atomic E-state index is 14.2. The Morgan fingerprint density at radius 3 is 1.64 bits per heavy atom. The van der Waals surface area contributed by atoms with Gasteiger partial charge in [-0.15, -0.1) is 0 Å². The van der Waals surface area contributed by atoms with Crippen molar-refractivity contribution in [3.05, 3.63) is 173 Å². The van der Waals surface area contributed by atoms with Crippen LogP contribution in [0.15, 0.2) is 128 Å². The highest BCUT2D eigenvalue weighted by Crippen LogP contribution is 2.28. The van der Waals surface area contributed by atoms with E-state index in [2.05, 4.69) is 22.0 Å². The summed E-state index contributed by atoms with van der Waals surface area (Å²) in [6.45, 7) is 5.08. The Balaban J connectivity index is 0.00000198. The number of hydrogen-bond acceptors (Lipinski definition) is 3. The van der Waals surface area contributed by atoms with Crippen LogP contribution >= 0.6 is 0 Å². The Kier molecular flexibility index (Phi) is 11.5. The number of halogens is 2. The molecule has 2 unspecified atom stereocenters. The van der Waals surface area contributed by atoms with Gasteiger partial charge in [-0.1, -0.05) is 105 Å². The zero-order valence-corrected chi connectivity index (χ0v) is 24.2. The smallest absolute Gasteiger partial charge is 0.126 e. The molecule has 0 amide bonds. The third-order valence-electron chi connectivity index (χ3n) is 7.06. The lowest BCUT2D eigenvalue weighted by molar-refractivity contribution is 0.0355. The number of aliphatic hydroxyl groups excluding tert-OH is 1. The molecular weight excluding hydrogens is 526 g/mol. The Morgan fingerprint density at radius 1 is 0.619 bits per heavy atom. The normalized spacial score (nSPS) is 12.3. The molecule has 5 aromatic rings. The summed E-state index contributed by atoms with van der Waals surface area (Å²) in [4.78, 5) is 6.72. The molecule has 1 aromatic heterocycles. The van der Waals surface area contributed by atoms with Crippen molar-refractivity contribution in [2.24, 2.45) is 0 Å². The standard InChI is InChI=1S/C35H32F2N2O.C2H6/c36-31-19-30(20-32(37)23-31)22-34(35(40)33-21-29(16-17-38-33)18-26-10-4-1-5-11-26)39(24-27-12-6-2-7-13-27)25-28-14-8-3-9-15-28;1-2/h1-17,19-21,23,34-35,40H,18,22,24-25H2;1-2H3. The van der Waals surface area contributed by atoms with Crippen molar-refractivity contribution in [2.75, 3.05) is 0 Å². The summed E-state index contributed by atoms with van der Waals surface area (Å²) in [5, 5.41) is 11.9. The van der Waals surface area contributed by atoms with Crippen molar-refractivity contribution in [3.63, 3.8) is 0 Å². The topological polar surface area (TPSA) is 36.4 Å². The highest BCUT2D eigenvalue weighted by Gasteiger charge is 2.29. The summed E-state index contributed by atoms with van der Waals surface area (Å²) in [5.41, 5.74) is 5.35.